The van der Waals surface area contributed by atoms with E-state index in [1.807, 2.05) is 6.92 Å². The summed E-state index contributed by atoms with van der Waals surface area (Å²) in [6.45, 7) is 3.89. The Morgan fingerprint density at radius 3 is 2.75 bits per heavy atom. The number of ether oxygens (including phenoxy) is 2. The third-order valence-corrected chi connectivity index (χ3v) is 2.58. The first-order valence-electron chi connectivity index (χ1n) is 5.55. The molecule has 2 rings (SSSR count). The van der Waals surface area contributed by atoms with Gasteiger partial charge in [-0.1, -0.05) is 0 Å². The summed E-state index contributed by atoms with van der Waals surface area (Å²) in [7, 11) is 1.59. The van der Waals surface area contributed by atoms with E-state index in [1.54, 1.807) is 13.2 Å². The number of piperidine rings is 1. The Morgan fingerprint density at radius 2 is 2.06 bits per heavy atom. The first kappa shape index (κ1) is 11.1. The molecular formula is C11H17N3O2. The summed E-state index contributed by atoms with van der Waals surface area (Å²) in [5, 5.41) is 3.29. The maximum absolute atomic E-state index is 5.74. The Balaban J connectivity index is 2.04. The molecule has 16 heavy (non-hydrogen) atoms. The van der Waals surface area contributed by atoms with E-state index in [0.29, 0.717) is 11.9 Å². The fourth-order valence-corrected chi connectivity index (χ4v) is 1.73. The topological polar surface area (TPSA) is 56.3 Å². The Bertz CT molecular complexity index is 351. The summed E-state index contributed by atoms with van der Waals surface area (Å²) in [5.74, 6) is 0.552. The molecule has 0 saturated carbocycles. The molecule has 1 N–H and O–H groups in total. The highest BCUT2D eigenvalue weighted by Gasteiger charge is 2.16. The number of rotatable bonds is 3. The Kier molecular flexibility index (Phi) is 3.56. The van der Waals surface area contributed by atoms with Crippen LogP contribution in [0.4, 0.5) is 0 Å². The molecule has 0 spiro atoms. The summed E-state index contributed by atoms with van der Waals surface area (Å²) in [6, 6.07) is 2.21. The van der Waals surface area contributed by atoms with Gasteiger partial charge in [-0.2, -0.15) is 4.98 Å². The van der Waals surface area contributed by atoms with Gasteiger partial charge >= 0.3 is 6.01 Å². The molecule has 1 aliphatic heterocycles. The summed E-state index contributed by atoms with van der Waals surface area (Å²) in [6.07, 6.45) is 2.21. The zero-order chi connectivity index (χ0) is 11.4. The van der Waals surface area contributed by atoms with Crippen molar-refractivity contribution in [3.63, 3.8) is 0 Å². The quantitative estimate of drug-likeness (QED) is 0.826. The van der Waals surface area contributed by atoms with Gasteiger partial charge in [0.05, 0.1) is 7.11 Å². The Labute approximate surface area is 95.2 Å². The fraction of sp³-hybridized carbons (Fsp3) is 0.636. The van der Waals surface area contributed by atoms with Crippen LogP contribution in [0, 0.1) is 6.92 Å². The number of aryl methyl sites for hydroxylation is 1. The lowest BCUT2D eigenvalue weighted by atomic mass is 10.1. The predicted octanol–water partition coefficient (Wildman–Crippen LogP) is 0.924. The van der Waals surface area contributed by atoms with E-state index in [2.05, 4.69) is 15.3 Å². The van der Waals surface area contributed by atoms with Crippen LogP contribution in [0.1, 0.15) is 18.5 Å². The number of hydrogen-bond acceptors (Lipinski definition) is 5. The van der Waals surface area contributed by atoms with Gasteiger partial charge in [-0.15, -0.1) is 0 Å². The smallest absolute Gasteiger partial charge is 0.320 e. The lowest BCUT2D eigenvalue weighted by Crippen LogP contribution is -2.34. The molecule has 88 valence electrons. The van der Waals surface area contributed by atoms with E-state index in [9.17, 15) is 0 Å². The van der Waals surface area contributed by atoms with Crippen LogP contribution in [0.15, 0.2) is 6.07 Å². The van der Waals surface area contributed by atoms with Crippen LogP contribution in [0.5, 0.6) is 11.9 Å². The third kappa shape index (κ3) is 2.82. The van der Waals surface area contributed by atoms with E-state index in [1.165, 1.54) is 0 Å². The number of hydrogen-bond donors (Lipinski definition) is 1. The van der Waals surface area contributed by atoms with Crippen LogP contribution >= 0.6 is 0 Å². The monoisotopic (exact) mass is 223 g/mol. The molecular weight excluding hydrogens is 206 g/mol. The van der Waals surface area contributed by atoms with Gasteiger partial charge in [0, 0.05) is 11.8 Å². The predicted molar refractivity (Wildman–Crippen MR) is 59.8 cm³/mol. The van der Waals surface area contributed by atoms with E-state index in [0.717, 1.165) is 31.6 Å². The highest BCUT2D eigenvalue weighted by atomic mass is 16.5. The van der Waals surface area contributed by atoms with Crippen LogP contribution in [0.2, 0.25) is 0 Å². The summed E-state index contributed by atoms with van der Waals surface area (Å²) < 4.78 is 10.8. The van der Waals surface area contributed by atoms with Gasteiger partial charge in [0.1, 0.15) is 6.10 Å². The minimum atomic E-state index is 0.216. The van der Waals surface area contributed by atoms with Crippen molar-refractivity contribution in [2.75, 3.05) is 20.2 Å². The van der Waals surface area contributed by atoms with Crippen LogP contribution in [-0.4, -0.2) is 36.3 Å². The zero-order valence-electron chi connectivity index (χ0n) is 9.69. The van der Waals surface area contributed by atoms with Crippen molar-refractivity contribution in [1.82, 2.24) is 15.3 Å². The van der Waals surface area contributed by atoms with Gasteiger partial charge in [0.25, 0.3) is 0 Å². The lowest BCUT2D eigenvalue weighted by molar-refractivity contribution is 0.147. The van der Waals surface area contributed by atoms with Gasteiger partial charge in [-0.25, -0.2) is 4.98 Å². The summed E-state index contributed by atoms with van der Waals surface area (Å²) in [5.41, 5.74) is 0.857. The van der Waals surface area contributed by atoms with Crippen LogP contribution in [0.3, 0.4) is 0 Å². The largest absolute Gasteiger partial charge is 0.481 e. The van der Waals surface area contributed by atoms with E-state index in [-0.39, 0.29) is 6.10 Å². The molecule has 1 aliphatic rings. The maximum Gasteiger partial charge on any atom is 0.320 e. The molecule has 1 fully saturated rings. The van der Waals surface area contributed by atoms with Gasteiger partial charge in [-0.05, 0) is 32.9 Å². The molecule has 0 aliphatic carbocycles. The highest BCUT2D eigenvalue weighted by molar-refractivity contribution is 5.17. The summed E-state index contributed by atoms with van der Waals surface area (Å²) in [4.78, 5) is 8.41. The molecule has 1 aromatic heterocycles. The van der Waals surface area contributed by atoms with Crippen molar-refractivity contribution in [3.05, 3.63) is 11.8 Å². The van der Waals surface area contributed by atoms with Gasteiger partial charge in [-0.3, -0.25) is 0 Å². The molecule has 0 unspecified atom stereocenters. The number of nitrogens with one attached hydrogen (secondary N) is 1. The summed E-state index contributed by atoms with van der Waals surface area (Å²) >= 11 is 0. The van der Waals surface area contributed by atoms with Gasteiger partial charge in [0.2, 0.25) is 5.88 Å². The Morgan fingerprint density at radius 1 is 1.31 bits per heavy atom. The molecule has 5 nitrogen and oxygen atoms in total. The van der Waals surface area contributed by atoms with Crippen molar-refractivity contribution < 1.29 is 9.47 Å². The van der Waals surface area contributed by atoms with Gasteiger partial charge in [0.15, 0.2) is 0 Å². The van der Waals surface area contributed by atoms with Crippen LogP contribution in [-0.2, 0) is 0 Å². The second-order valence-electron chi connectivity index (χ2n) is 3.90. The minimum Gasteiger partial charge on any atom is -0.481 e. The third-order valence-electron chi connectivity index (χ3n) is 2.58. The molecule has 0 bridgehead atoms. The first-order chi connectivity index (χ1) is 7.78. The van der Waals surface area contributed by atoms with E-state index in [4.69, 9.17) is 9.47 Å². The molecule has 2 heterocycles. The first-order valence-corrected chi connectivity index (χ1v) is 5.55. The van der Waals surface area contributed by atoms with Gasteiger partial charge < -0.3 is 14.8 Å². The number of nitrogens with zero attached hydrogens (tertiary/aromatic N) is 2. The maximum atomic E-state index is 5.74. The van der Waals surface area contributed by atoms with Crippen LogP contribution < -0.4 is 14.8 Å². The molecule has 0 radical (unpaired) electrons. The second-order valence-corrected chi connectivity index (χ2v) is 3.90. The van der Waals surface area contributed by atoms with E-state index < -0.39 is 0 Å². The van der Waals surface area contributed by atoms with Crippen molar-refractivity contribution in [2.24, 2.45) is 0 Å². The molecule has 1 saturated heterocycles. The minimum absolute atomic E-state index is 0.216. The normalized spacial score (nSPS) is 17.1. The molecule has 0 atom stereocenters. The average molecular weight is 223 g/mol. The zero-order valence-corrected chi connectivity index (χ0v) is 9.69. The Hall–Kier alpha value is -1.36. The van der Waals surface area contributed by atoms with Crippen molar-refractivity contribution in [3.8, 4) is 11.9 Å². The van der Waals surface area contributed by atoms with Crippen molar-refractivity contribution >= 4 is 0 Å². The van der Waals surface area contributed by atoms with Crippen molar-refractivity contribution in [1.29, 1.82) is 0 Å². The lowest BCUT2D eigenvalue weighted by Gasteiger charge is -2.22. The number of methoxy groups -OCH3 is 1. The number of aromatic nitrogens is 2. The molecule has 5 heteroatoms. The average Bonchev–Trinajstić information content (AvgIpc) is 2.29. The molecule has 1 aromatic rings. The second kappa shape index (κ2) is 5.12. The molecule has 0 aromatic carbocycles. The fourth-order valence-electron chi connectivity index (χ4n) is 1.73. The van der Waals surface area contributed by atoms with E-state index >= 15 is 0 Å². The SMILES string of the molecule is COc1cc(C)nc(OC2CCNCC2)n1. The van der Waals surface area contributed by atoms with Crippen LogP contribution in [0.25, 0.3) is 0 Å². The highest BCUT2D eigenvalue weighted by Crippen LogP contribution is 2.16. The molecule has 0 amide bonds. The standard InChI is InChI=1S/C11H17N3O2/c1-8-7-10(15-2)14-11(13-8)16-9-3-5-12-6-4-9/h7,9,12H,3-6H2,1-2H3. The van der Waals surface area contributed by atoms with Crippen molar-refractivity contribution in [2.45, 2.75) is 25.9 Å².